The fraction of sp³-hybridized carbons (Fsp3) is 0.750. The highest BCUT2D eigenvalue weighted by atomic mass is 16.6. The number of hydrogen-bond acceptors (Lipinski definition) is 7. The molecule has 2 unspecified atom stereocenters. The van der Waals surface area contributed by atoms with E-state index in [0.717, 1.165) is 0 Å². The minimum atomic E-state index is -1.20. The summed E-state index contributed by atoms with van der Waals surface area (Å²) < 4.78 is 5.12. The van der Waals surface area contributed by atoms with Crippen molar-refractivity contribution in [2.45, 2.75) is 24.5 Å². The van der Waals surface area contributed by atoms with E-state index in [1.807, 2.05) is 0 Å². The van der Waals surface area contributed by atoms with Gasteiger partial charge in [-0.2, -0.15) is 0 Å². The van der Waals surface area contributed by atoms with Crippen molar-refractivity contribution in [1.82, 2.24) is 10.9 Å². The van der Waals surface area contributed by atoms with Crippen molar-refractivity contribution in [2.24, 2.45) is 10.7 Å². The van der Waals surface area contributed by atoms with Crippen LogP contribution in [0.2, 0.25) is 0 Å². The number of aliphatic hydroxyl groups is 3. The molecule has 1 rings (SSSR count). The van der Waals surface area contributed by atoms with Gasteiger partial charge in [-0.15, -0.1) is 0 Å². The van der Waals surface area contributed by atoms with Crippen LogP contribution in [0.5, 0.6) is 0 Å². The number of aliphatic imine (C=N–C) groups is 1. The van der Waals surface area contributed by atoms with Crippen LogP contribution in [0.1, 0.15) is 0 Å². The number of ether oxygens (including phenoxy) is 1. The van der Waals surface area contributed by atoms with Crippen LogP contribution in [0.15, 0.2) is 4.99 Å². The molecular weight excluding hydrogens is 230 g/mol. The van der Waals surface area contributed by atoms with Gasteiger partial charge in [-0.3, -0.25) is 10.4 Å². The van der Waals surface area contributed by atoms with Crippen molar-refractivity contribution in [2.75, 3.05) is 13.7 Å². The van der Waals surface area contributed by atoms with E-state index in [0.29, 0.717) is 0 Å². The summed E-state index contributed by atoms with van der Waals surface area (Å²) in [5.41, 5.74) is 10.2. The minimum Gasteiger partial charge on any atom is -0.394 e. The molecule has 1 aliphatic rings. The molecule has 0 radical (unpaired) electrons. The van der Waals surface area contributed by atoms with E-state index in [9.17, 15) is 10.2 Å². The Morgan fingerprint density at radius 1 is 1.47 bits per heavy atom. The zero-order valence-electron chi connectivity index (χ0n) is 9.29. The lowest BCUT2D eigenvalue weighted by Crippen LogP contribution is -2.52. The van der Waals surface area contributed by atoms with Gasteiger partial charge in [0.15, 0.2) is 17.9 Å². The minimum absolute atomic E-state index is 0.0720. The van der Waals surface area contributed by atoms with Gasteiger partial charge < -0.3 is 31.2 Å². The van der Waals surface area contributed by atoms with Gasteiger partial charge in [0.25, 0.3) is 0 Å². The summed E-state index contributed by atoms with van der Waals surface area (Å²) in [6.45, 7) is -0.405. The van der Waals surface area contributed by atoms with Crippen LogP contribution < -0.4 is 16.6 Å². The van der Waals surface area contributed by atoms with Crippen LogP contribution in [0.25, 0.3) is 0 Å². The zero-order chi connectivity index (χ0) is 13.0. The van der Waals surface area contributed by atoms with E-state index in [1.165, 1.54) is 7.05 Å². The number of nitrogens with zero attached hydrogens (tertiary/aromatic N) is 1. The topological polar surface area (TPSA) is 156 Å². The smallest absolute Gasteiger partial charge is 0.177 e. The summed E-state index contributed by atoms with van der Waals surface area (Å²) in [7, 11) is 1.43. The highest BCUT2D eigenvalue weighted by Crippen LogP contribution is 2.18. The summed E-state index contributed by atoms with van der Waals surface area (Å²) in [5.74, 6) is -0.213. The molecule has 98 valence electrons. The summed E-state index contributed by atoms with van der Waals surface area (Å²) in [6.07, 6.45) is -4.18. The van der Waals surface area contributed by atoms with Crippen molar-refractivity contribution < 1.29 is 20.1 Å². The SMILES string of the molecule is CN=C(NN[C@@H]1O[C@H](CO)C(O)C1O)C(=N)N. The average Bonchev–Trinajstić information content (AvgIpc) is 2.57. The summed E-state index contributed by atoms with van der Waals surface area (Å²) in [4.78, 5) is 3.68. The second-order valence-corrected chi connectivity index (χ2v) is 3.51. The van der Waals surface area contributed by atoms with E-state index in [2.05, 4.69) is 15.8 Å². The molecule has 17 heavy (non-hydrogen) atoms. The lowest BCUT2D eigenvalue weighted by atomic mass is 10.1. The van der Waals surface area contributed by atoms with Crippen LogP contribution in [0, 0.1) is 5.41 Å². The molecule has 4 atom stereocenters. The second kappa shape index (κ2) is 5.89. The van der Waals surface area contributed by atoms with Gasteiger partial charge >= 0.3 is 0 Å². The Morgan fingerprint density at radius 3 is 2.53 bits per heavy atom. The molecule has 0 aromatic rings. The normalized spacial score (nSPS) is 33.8. The van der Waals surface area contributed by atoms with E-state index >= 15 is 0 Å². The Hall–Kier alpha value is -1.26. The Labute approximate surface area is 97.8 Å². The number of hydrazine groups is 1. The fourth-order valence-corrected chi connectivity index (χ4v) is 1.40. The predicted molar refractivity (Wildman–Crippen MR) is 59.3 cm³/mol. The van der Waals surface area contributed by atoms with Crippen molar-refractivity contribution in [3.8, 4) is 0 Å². The monoisotopic (exact) mass is 247 g/mol. The summed E-state index contributed by atoms with van der Waals surface area (Å²) >= 11 is 0. The average molecular weight is 247 g/mol. The van der Waals surface area contributed by atoms with E-state index in [1.54, 1.807) is 0 Å². The molecule has 0 bridgehead atoms. The largest absolute Gasteiger partial charge is 0.394 e. The number of nitrogens with one attached hydrogen (secondary N) is 3. The molecule has 0 amide bonds. The third-order valence-corrected chi connectivity index (χ3v) is 2.35. The molecule has 9 heteroatoms. The third kappa shape index (κ3) is 3.11. The highest BCUT2D eigenvalue weighted by Gasteiger charge is 2.42. The quantitative estimate of drug-likeness (QED) is 0.155. The fourth-order valence-electron chi connectivity index (χ4n) is 1.40. The molecule has 9 nitrogen and oxygen atoms in total. The first-order chi connectivity index (χ1) is 8.01. The van der Waals surface area contributed by atoms with Gasteiger partial charge in [0.1, 0.15) is 18.3 Å². The van der Waals surface area contributed by atoms with Crippen LogP contribution in [-0.2, 0) is 4.74 Å². The zero-order valence-corrected chi connectivity index (χ0v) is 9.29. The first-order valence-electron chi connectivity index (χ1n) is 4.96. The van der Waals surface area contributed by atoms with Crippen LogP contribution >= 0.6 is 0 Å². The Morgan fingerprint density at radius 2 is 2.12 bits per heavy atom. The second-order valence-electron chi connectivity index (χ2n) is 3.51. The first-order valence-corrected chi connectivity index (χ1v) is 4.96. The maximum absolute atomic E-state index is 9.57. The molecule has 1 heterocycles. The van der Waals surface area contributed by atoms with Gasteiger partial charge in [-0.25, -0.2) is 5.43 Å². The first kappa shape index (κ1) is 13.8. The standard InChI is InChI=1S/C8H17N5O4/c1-11-7(6(9)10)12-13-8-5(16)4(15)3(2-14)17-8/h3-5,8,13-16H,2H2,1H3,(H3,9,10)(H,11,12)/t3-,4?,5?,8-/m1/s1. The van der Waals surface area contributed by atoms with Crippen LogP contribution in [0.3, 0.4) is 0 Å². The van der Waals surface area contributed by atoms with Crippen LogP contribution in [-0.4, -0.2) is 65.2 Å². The molecule has 8 N–H and O–H groups in total. The van der Waals surface area contributed by atoms with Crippen molar-refractivity contribution in [3.05, 3.63) is 0 Å². The number of hydrogen-bond donors (Lipinski definition) is 7. The predicted octanol–water partition coefficient (Wildman–Crippen LogP) is -3.52. The number of aliphatic hydroxyl groups excluding tert-OH is 3. The molecule has 0 aliphatic carbocycles. The Bertz CT molecular complexity index is 310. The van der Waals surface area contributed by atoms with Crippen molar-refractivity contribution in [3.63, 3.8) is 0 Å². The molecular formula is C8H17N5O4. The van der Waals surface area contributed by atoms with Crippen molar-refractivity contribution in [1.29, 1.82) is 5.41 Å². The molecule has 0 aromatic carbocycles. The van der Waals surface area contributed by atoms with Crippen molar-refractivity contribution >= 4 is 11.7 Å². The van der Waals surface area contributed by atoms with Gasteiger partial charge in [-0.05, 0) is 0 Å². The summed E-state index contributed by atoms with van der Waals surface area (Å²) in [6, 6.07) is 0. The molecule has 0 saturated carbocycles. The summed E-state index contributed by atoms with van der Waals surface area (Å²) in [5, 5.41) is 35.0. The Balaban J connectivity index is 2.51. The molecule has 0 aromatic heterocycles. The maximum atomic E-state index is 9.57. The molecule has 0 spiro atoms. The van der Waals surface area contributed by atoms with E-state index in [-0.39, 0.29) is 11.7 Å². The van der Waals surface area contributed by atoms with Gasteiger partial charge in [0.05, 0.1) is 6.61 Å². The van der Waals surface area contributed by atoms with Gasteiger partial charge in [-0.1, -0.05) is 0 Å². The number of nitrogens with two attached hydrogens (primary N) is 1. The lowest BCUT2D eigenvalue weighted by Gasteiger charge is -2.18. The molecule has 1 fully saturated rings. The number of amidine groups is 2. The third-order valence-electron chi connectivity index (χ3n) is 2.35. The highest BCUT2D eigenvalue weighted by molar-refractivity contribution is 6.38. The Kier molecular flexibility index (Phi) is 4.78. The van der Waals surface area contributed by atoms with E-state index < -0.39 is 31.1 Å². The van der Waals surface area contributed by atoms with E-state index in [4.69, 9.17) is 21.0 Å². The van der Waals surface area contributed by atoms with Crippen LogP contribution in [0.4, 0.5) is 0 Å². The molecule has 1 saturated heterocycles. The lowest BCUT2D eigenvalue weighted by molar-refractivity contribution is -0.0358. The van der Waals surface area contributed by atoms with Gasteiger partial charge in [0.2, 0.25) is 0 Å². The molecule has 1 aliphatic heterocycles. The number of rotatable bonds is 3. The van der Waals surface area contributed by atoms with Gasteiger partial charge in [0, 0.05) is 7.05 Å². The maximum Gasteiger partial charge on any atom is 0.177 e.